The van der Waals surface area contributed by atoms with Gasteiger partial charge in [-0.25, -0.2) is 0 Å². The molecule has 1 N–H and O–H groups in total. The molecule has 0 bridgehead atoms. The van der Waals surface area contributed by atoms with Crippen LogP contribution in [0.1, 0.15) is 46.8 Å². The average molecular weight is 429 g/mol. The summed E-state index contributed by atoms with van der Waals surface area (Å²) in [4.78, 5) is 25.7. The SMILES string of the molecule is CC(C)c1ccc(C=C(C#N)C(=O)Nc2ccc(Cl)cc2C(=O)c2ccccc2)cc1. The Labute approximate surface area is 186 Å². The highest BCUT2D eigenvalue weighted by Gasteiger charge is 2.18. The van der Waals surface area contributed by atoms with E-state index in [1.54, 1.807) is 36.4 Å². The predicted octanol–water partition coefficient (Wildman–Crippen LogP) is 6.24. The average Bonchev–Trinajstić information content (AvgIpc) is 2.79. The number of anilines is 1. The van der Waals surface area contributed by atoms with Gasteiger partial charge in [-0.1, -0.05) is 80.0 Å². The molecule has 0 radical (unpaired) electrons. The van der Waals surface area contributed by atoms with Crippen molar-refractivity contribution in [1.29, 1.82) is 5.26 Å². The lowest BCUT2D eigenvalue weighted by molar-refractivity contribution is -0.112. The Bertz CT molecular complexity index is 1170. The molecular weight excluding hydrogens is 408 g/mol. The Kier molecular flexibility index (Phi) is 7.02. The predicted molar refractivity (Wildman–Crippen MR) is 124 cm³/mol. The minimum atomic E-state index is -0.597. The van der Waals surface area contributed by atoms with Crippen molar-refractivity contribution in [2.75, 3.05) is 5.32 Å². The number of nitrogens with zero attached hydrogens (tertiary/aromatic N) is 1. The van der Waals surface area contributed by atoms with E-state index in [0.717, 1.165) is 5.56 Å². The maximum Gasteiger partial charge on any atom is 0.266 e. The topological polar surface area (TPSA) is 70.0 Å². The third-order valence-electron chi connectivity index (χ3n) is 4.79. The Balaban J connectivity index is 1.88. The molecule has 0 unspecified atom stereocenters. The molecule has 0 saturated carbocycles. The van der Waals surface area contributed by atoms with Gasteiger partial charge in [-0.3, -0.25) is 9.59 Å². The lowest BCUT2D eigenvalue weighted by Gasteiger charge is -2.11. The van der Waals surface area contributed by atoms with E-state index in [1.807, 2.05) is 36.4 Å². The number of amides is 1. The molecule has 1 amide bonds. The lowest BCUT2D eigenvalue weighted by atomic mass is 10.0. The maximum absolute atomic E-state index is 12.9. The highest BCUT2D eigenvalue weighted by atomic mass is 35.5. The smallest absolute Gasteiger partial charge is 0.266 e. The molecule has 0 aliphatic carbocycles. The summed E-state index contributed by atoms with van der Waals surface area (Å²) in [5.74, 6) is -0.479. The first-order valence-corrected chi connectivity index (χ1v) is 10.2. The van der Waals surface area contributed by atoms with Gasteiger partial charge in [-0.2, -0.15) is 5.26 Å². The largest absolute Gasteiger partial charge is 0.321 e. The van der Waals surface area contributed by atoms with Crippen LogP contribution in [0.5, 0.6) is 0 Å². The van der Waals surface area contributed by atoms with E-state index >= 15 is 0 Å². The maximum atomic E-state index is 12.9. The first-order chi connectivity index (χ1) is 14.9. The number of nitrogens with one attached hydrogen (secondary N) is 1. The van der Waals surface area contributed by atoms with Crippen molar-refractivity contribution in [1.82, 2.24) is 0 Å². The quantitative estimate of drug-likeness (QED) is 0.287. The van der Waals surface area contributed by atoms with Gasteiger partial charge in [-0.15, -0.1) is 0 Å². The summed E-state index contributed by atoms with van der Waals surface area (Å²) >= 11 is 6.09. The summed E-state index contributed by atoms with van der Waals surface area (Å²) in [7, 11) is 0. The van der Waals surface area contributed by atoms with Crippen LogP contribution in [0.4, 0.5) is 5.69 Å². The van der Waals surface area contributed by atoms with Gasteiger partial charge in [0, 0.05) is 16.1 Å². The summed E-state index contributed by atoms with van der Waals surface area (Å²) in [5, 5.41) is 12.6. The van der Waals surface area contributed by atoms with Crippen molar-refractivity contribution < 1.29 is 9.59 Å². The van der Waals surface area contributed by atoms with Crippen molar-refractivity contribution in [2.24, 2.45) is 0 Å². The molecule has 3 aromatic carbocycles. The molecule has 3 rings (SSSR count). The number of halogens is 1. The molecule has 0 aliphatic rings. The van der Waals surface area contributed by atoms with Crippen molar-refractivity contribution in [3.05, 3.63) is 106 Å². The second kappa shape index (κ2) is 9.88. The van der Waals surface area contributed by atoms with Crippen LogP contribution in [0.2, 0.25) is 5.02 Å². The Morgan fingerprint density at radius 1 is 1.00 bits per heavy atom. The molecule has 5 heteroatoms. The third kappa shape index (κ3) is 5.48. The van der Waals surface area contributed by atoms with Gasteiger partial charge in [0.25, 0.3) is 5.91 Å². The van der Waals surface area contributed by atoms with E-state index in [0.29, 0.717) is 22.2 Å². The first-order valence-electron chi connectivity index (χ1n) is 9.81. The molecule has 0 aromatic heterocycles. The molecule has 0 spiro atoms. The van der Waals surface area contributed by atoms with E-state index in [1.165, 1.54) is 17.7 Å². The number of rotatable bonds is 6. The van der Waals surface area contributed by atoms with Crippen LogP contribution in [0.3, 0.4) is 0 Å². The van der Waals surface area contributed by atoms with Crippen molar-refractivity contribution in [2.45, 2.75) is 19.8 Å². The van der Waals surface area contributed by atoms with E-state index in [-0.39, 0.29) is 16.9 Å². The van der Waals surface area contributed by atoms with Crippen LogP contribution in [0.25, 0.3) is 6.08 Å². The molecular formula is C26H21ClN2O2. The lowest BCUT2D eigenvalue weighted by Crippen LogP contribution is -2.16. The van der Waals surface area contributed by atoms with Crippen molar-refractivity contribution in [3.63, 3.8) is 0 Å². The van der Waals surface area contributed by atoms with Crippen molar-refractivity contribution >= 4 is 35.1 Å². The summed E-state index contributed by atoms with van der Waals surface area (Å²) in [6.45, 7) is 4.19. The fourth-order valence-corrected chi connectivity index (χ4v) is 3.21. The van der Waals surface area contributed by atoms with Crippen LogP contribution in [0, 0.1) is 11.3 Å². The molecule has 154 valence electrons. The van der Waals surface area contributed by atoms with Gasteiger partial charge in [0.05, 0.1) is 5.69 Å². The molecule has 0 fully saturated rings. The normalized spacial score (nSPS) is 11.1. The fraction of sp³-hybridized carbons (Fsp3) is 0.115. The van der Waals surface area contributed by atoms with Crippen LogP contribution >= 0.6 is 11.6 Å². The number of hydrogen-bond acceptors (Lipinski definition) is 3. The minimum absolute atomic E-state index is 0.0645. The Morgan fingerprint density at radius 2 is 1.68 bits per heavy atom. The van der Waals surface area contributed by atoms with E-state index in [4.69, 9.17) is 11.6 Å². The Morgan fingerprint density at radius 3 is 2.29 bits per heavy atom. The number of ketones is 1. The molecule has 0 saturated heterocycles. The number of carbonyl (C=O) groups is 2. The molecule has 4 nitrogen and oxygen atoms in total. The zero-order valence-electron chi connectivity index (χ0n) is 17.2. The number of hydrogen-bond donors (Lipinski definition) is 1. The van der Waals surface area contributed by atoms with Gasteiger partial charge in [0.15, 0.2) is 5.78 Å². The number of benzene rings is 3. The highest BCUT2D eigenvalue weighted by Crippen LogP contribution is 2.24. The summed E-state index contributed by atoms with van der Waals surface area (Å²) < 4.78 is 0. The number of carbonyl (C=O) groups excluding carboxylic acids is 2. The molecule has 0 atom stereocenters. The van der Waals surface area contributed by atoms with Gasteiger partial charge in [0.2, 0.25) is 0 Å². The molecule has 0 aliphatic heterocycles. The van der Waals surface area contributed by atoms with Crippen molar-refractivity contribution in [3.8, 4) is 6.07 Å². The summed E-state index contributed by atoms with van der Waals surface area (Å²) in [6.07, 6.45) is 1.52. The van der Waals surface area contributed by atoms with Crippen LogP contribution in [-0.2, 0) is 4.79 Å². The highest BCUT2D eigenvalue weighted by molar-refractivity contribution is 6.31. The van der Waals surface area contributed by atoms with Gasteiger partial charge in [0.1, 0.15) is 11.6 Å². The summed E-state index contributed by atoms with van der Waals surface area (Å²) in [6, 6.07) is 23.0. The zero-order chi connectivity index (χ0) is 22.4. The molecule has 0 heterocycles. The monoisotopic (exact) mass is 428 g/mol. The van der Waals surface area contributed by atoms with Gasteiger partial charge in [-0.05, 0) is 41.3 Å². The number of nitriles is 1. The van der Waals surface area contributed by atoms with Gasteiger partial charge >= 0.3 is 0 Å². The summed E-state index contributed by atoms with van der Waals surface area (Å²) in [5.41, 5.74) is 2.87. The zero-order valence-corrected chi connectivity index (χ0v) is 18.0. The van der Waals surface area contributed by atoms with E-state index < -0.39 is 5.91 Å². The second-order valence-corrected chi connectivity index (χ2v) is 7.77. The Hall–Kier alpha value is -3.68. The van der Waals surface area contributed by atoms with E-state index in [9.17, 15) is 14.9 Å². The third-order valence-corrected chi connectivity index (χ3v) is 5.02. The van der Waals surface area contributed by atoms with Crippen LogP contribution in [0.15, 0.2) is 78.4 Å². The molecule has 31 heavy (non-hydrogen) atoms. The molecule has 3 aromatic rings. The van der Waals surface area contributed by atoms with E-state index in [2.05, 4.69) is 19.2 Å². The van der Waals surface area contributed by atoms with Gasteiger partial charge < -0.3 is 5.32 Å². The standard InChI is InChI=1S/C26H21ClN2O2/c1-17(2)19-10-8-18(9-11-19)14-21(16-28)26(31)29-24-13-12-22(27)15-23(24)25(30)20-6-4-3-5-7-20/h3-15,17H,1-2H3,(H,29,31). The van der Waals surface area contributed by atoms with Crippen LogP contribution in [-0.4, -0.2) is 11.7 Å². The second-order valence-electron chi connectivity index (χ2n) is 7.33. The van der Waals surface area contributed by atoms with Crippen LogP contribution < -0.4 is 5.32 Å². The first kappa shape index (κ1) is 22.0. The fourth-order valence-electron chi connectivity index (χ4n) is 3.04. The minimum Gasteiger partial charge on any atom is -0.321 e.